The average Bonchev–Trinajstić information content (AvgIpc) is 2.73. The Kier molecular flexibility index (Phi) is 7.73. The first-order valence-electron chi connectivity index (χ1n) is 11.4. The summed E-state index contributed by atoms with van der Waals surface area (Å²) in [6.45, 7) is 11.0. The van der Waals surface area contributed by atoms with Gasteiger partial charge in [-0.25, -0.2) is 4.79 Å². The molecule has 0 saturated carbocycles. The summed E-state index contributed by atoms with van der Waals surface area (Å²) in [7, 11) is 0. The lowest BCUT2D eigenvalue weighted by Crippen LogP contribution is -2.41. The first-order chi connectivity index (χ1) is 14.7. The van der Waals surface area contributed by atoms with Gasteiger partial charge in [-0.15, -0.1) is 0 Å². The van der Waals surface area contributed by atoms with Crippen LogP contribution in [0.1, 0.15) is 64.9 Å². The van der Waals surface area contributed by atoms with Crippen LogP contribution in [-0.2, 0) is 14.3 Å². The third kappa shape index (κ3) is 6.28. The zero-order chi connectivity index (χ0) is 22.6. The van der Waals surface area contributed by atoms with E-state index in [9.17, 15) is 9.59 Å². The summed E-state index contributed by atoms with van der Waals surface area (Å²) in [5.41, 5.74) is 1.96. The molecule has 0 aliphatic carbocycles. The summed E-state index contributed by atoms with van der Waals surface area (Å²) in [4.78, 5) is 28.6. The van der Waals surface area contributed by atoms with Crippen molar-refractivity contribution in [3.63, 3.8) is 0 Å². The predicted octanol–water partition coefficient (Wildman–Crippen LogP) is 5.23. The number of hydrogen-bond acceptors (Lipinski definition) is 5. The second-order valence-corrected chi connectivity index (χ2v) is 9.89. The number of amides is 1. The number of anilines is 1. The molecular formula is C24H35ClN2O4. The summed E-state index contributed by atoms with van der Waals surface area (Å²) >= 11 is 6.35. The van der Waals surface area contributed by atoms with Gasteiger partial charge in [0.05, 0.1) is 12.5 Å². The highest BCUT2D eigenvalue weighted by molar-refractivity contribution is 6.30. The molecule has 0 spiro atoms. The van der Waals surface area contributed by atoms with Crippen LogP contribution in [0.5, 0.6) is 0 Å². The highest BCUT2D eigenvalue weighted by Gasteiger charge is 2.31. The minimum Gasteiger partial charge on any atom is -0.466 e. The van der Waals surface area contributed by atoms with Crippen LogP contribution < -0.4 is 4.90 Å². The molecule has 1 amide bonds. The Hall–Kier alpha value is -1.95. The number of halogens is 1. The minimum absolute atomic E-state index is 0.0177. The number of esters is 1. The normalized spacial score (nSPS) is 18.7. The SMILES string of the molecule is CCOC(=O)C1CCN(c2cc(Cl)ccc2C2CCN(C(=O)OC(C)(C)C)CC2)CC1. The van der Waals surface area contributed by atoms with Gasteiger partial charge in [0.1, 0.15) is 5.60 Å². The molecule has 0 aromatic heterocycles. The number of nitrogens with zero attached hydrogens (tertiary/aromatic N) is 2. The molecule has 31 heavy (non-hydrogen) atoms. The molecule has 6 nitrogen and oxygen atoms in total. The number of piperidine rings is 2. The molecular weight excluding hydrogens is 416 g/mol. The van der Waals surface area contributed by atoms with E-state index < -0.39 is 5.60 Å². The lowest BCUT2D eigenvalue weighted by Gasteiger charge is -2.37. The van der Waals surface area contributed by atoms with Crippen LogP contribution >= 0.6 is 11.6 Å². The van der Waals surface area contributed by atoms with Gasteiger partial charge in [-0.1, -0.05) is 17.7 Å². The number of rotatable bonds is 4. The highest BCUT2D eigenvalue weighted by Crippen LogP contribution is 2.38. The quantitative estimate of drug-likeness (QED) is 0.587. The fourth-order valence-corrected chi connectivity index (χ4v) is 4.62. The fraction of sp³-hybridized carbons (Fsp3) is 0.667. The van der Waals surface area contributed by atoms with Crippen LogP contribution in [0.3, 0.4) is 0 Å². The number of hydrogen-bond donors (Lipinski definition) is 0. The summed E-state index contributed by atoms with van der Waals surface area (Å²) < 4.78 is 10.7. The van der Waals surface area contributed by atoms with E-state index in [-0.39, 0.29) is 18.0 Å². The molecule has 7 heteroatoms. The maximum atomic E-state index is 12.4. The average molecular weight is 451 g/mol. The fourth-order valence-electron chi connectivity index (χ4n) is 4.45. The smallest absolute Gasteiger partial charge is 0.410 e. The summed E-state index contributed by atoms with van der Waals surface area (Å²) in [5.74, 6) is 0.271. The zero-order valence-corrected chi connectivity index (χ0v) is 19.9. The maximum Gasteiger partial charge on any atom is 0.410 e. The Bertz CT molecular complexity index is 776. The Morgan fingerprint density at radius 2 is 1.71 bits per heavy atom. The van der Waals surface area contributed by atoms with Crippen LogP contribution in [0.4, 0.5) is 10.5 Å². The van der Waals surface area contributed by atoms with Crippen molar-refractivity contribution in [3.8, 4) is 0 Å². The molecule has 2 heterocycles. The molecule has 1 aromatic carbocycles. The first kappa shape index (κ1) is 23.7. The molecule has 1 aromatic rings. The van der Waals surface area contributed by atoms with E-state index in [1.165, 1.54) is 5.56 Å². The highest BCUT2D eigenvalue weighted by atomic mass is 35.5. The van der Waals surface area contributed by atoms with Gasteiger partial charge in [0, 0.05) is 36.9 Å². The van der Waals surface area contributed by atoms with Gasteiger partial charge in [0.25, 0.3) is 0 Å². The third-order valence-electron chi connectivity index (χ3n) is 6.03. The van der Waals surface area contributed by atoms with Gasteiger partial charge >= 0.3 is 12.1 Å². The number of carbonyl (C=O) groups is 2. The van der Waals surface area contributed by atoms with Crippen molar-refractivity contribution in [2.75, 3.05) is 37.7 Å². The second kappa shape index (κ2) is 10.1. The zero-order valence-electron chi connectivity index (χ0n) is 19.2. The number of carbonyl (C=O) groups excluding carboxylic acids is 2. The molecule has 0 atom stereocenters. The van der Waals surface area contributed by atoms with E-state index in [1.54, 1.807) is 0 Å². The molecule has 0 N–H and O–H groups in total. The number of benzene rings is 1. The van der Waals surface area contributed by atoms with E-state index in [2.05, 4.69) is 11.0 Å². The molecule has 2 fully saturated rings. The van der Waals surface area contributed by atoms with Crippen molar-refractivity contribution < 1.29 is 19.1 Å². The molecule has 0 unspecified atom stereocenters. The Morgan fingerprint density at radius 1 is 1.06 bits per heavy atom. The van der Waals surface area contributed by atoms with Gasteiger partial charge in [0.2, 0.25) is 0 Å². The van der Waals surface area contributed by atoms with Crippen LogP contribution in [0.15, 0.2) is 18.2 Å². The molecule has 172 valence electrons. The van der Waals surface area contributed by atoms with Crippen molar-refractivity contribution in [2.24, 2.45) is 5.92 Å². The van der Waals surface area contributed by atoms with Gasteiger partial charge in [-0.3, -0.25) is 4.79 Å². The van der Waals surface area contributed by atoms with Crippen molar-refractivity contribution in [2.45, 2.75) is 64.9 Å². The number of likely N-dealkylation sites (tertiary alicyclic amines) is 1. The van der Waals surface area contributed by atoms with Crippen LogP contribution in [0.2, 0.25) is 5.02 Å². The standard InChI is InChI=1S/C24H35ClN2O4/c1-5-30-22(28)18-10-12-26(13-11-18)21-16-19(25)6-7-20(21)17-8-14-27(15-9-17)23(29)31-24(2,3)4/h6-7,16-18H,5,8-15H2,1-4H3. The molecule has 2 aliphatic rings. The lowest BCUT2D eigenvalue weighted by molar-refractivity contribution is -0.148. The largest absolute Gasteiger partial charge is 0.466 e. The van der Waals surface area contributed by atoms with Gasteiger partial charge in [-0.05, 0) is 77.0 Å². The lowest BCUT2D eigenvalue weighted by atomic mass is 9.87. The Morgan fingerprint density at radius 3 is 2.29 bits per heavy atom. The van der Waals surface area contributed by atoms with E-state index in [0.717, 1.165) is 49.5 Å². The van der Waals surface area contributed by atoms with Crippen LogP contribution in [0, 0.1) is 5.92 Å². The minimum atomic E-state index is -0.479. The summed E-state index contributed by atoms with van der Waals surface area (Å²) in [6, 6.07) is 6.12. The van der Waals surface area contributed by atoms with E-state index >= 15 is 0 Å². The van der Waals surface area contributed by atoms with Crippen LogP contribution in [-0.4, -0.2) is 55.3 Å². The predicted molar refractivity (Wildman–Crippen MR) is 123 cm³/mol. The summed E-state index contributed by atoms with van der Waals surface area (Å²) in [6.07, 6.45) is 3.15. The number of ether oxygens (including phenoxy) is 2. The van der Waals surface area contributed by atoms with E-state index in [1.807, 2.05) is 44.7 Å². The second-order valence-electron chi connectivity index (χ2n) is 9.46. The first-order valence-corrected chi connectivity index (χ1v) is 11.7. The third-order valence-corrected chi connectivity index (χ3v) is 6.27. The van der Waals surface area contributed by atoms with E-state index in [0.29, 0.717) is 25.6 Å². The molecule has 2 saturated heterocycles. The van der Waals surface area contributed by atoms with Gasteiger partial charge in [0.15, 0.2) is 0 Å². The Balaban J connectivity index is 1.65. The maximum absolute atomic E-state index is 12.4. The molecule has 2 aliphatic heterocycles. The molecule has 0 bridgehead atoms. The van der Waals surface area contributed by atoms with Gasteiger partial charge < -0.3 is 19.3 Å². The van der Waals surface area contributed by atoms with Crippen molar-refractivity contribution in [3.05, 3.63) is 28.8 Å². The monoisotopic (exact) mass is 450 g/mol. The van der Waals surface area contributed by atoms with E-state index in [4.69, 9.17) is 21.1 Å². The summed E-state index contributed by atoms with van der Waals surface area (Å²) in [5, 5.41) is 0.720. The van der Waals surface area contributed by atoms with Crippen molar-refractivity contribution >= 4 is 29.4 Å². The van der Waals surface area contributed by atoms with Crippen molar-refractivity contribution in [1.82, 2.24) is 4.90 Å². The topological polar surface area (TPSA) is 59.1 Å². The molecule has 3 rings (SSSR count). The van der Waals surface area contributed by atoms with Crippen LogP contribution in [0.25, 0.3) is 0 Å². The van der Waals surface area contributed by atoms with Crippen molar-refractivity contribution in [1.29, 1.82) is 0 Å². The Labute approximate surface area is 190 Å². The van der Waals surface area contributed by atoms with Gasteiger partial charge in [-0.2, -0.15) is 0 Å². The molecule has 0 radical (unpaired) electrons.